The second-order valence-electron chi connectivity index (χ2n) is 5.09. The van der Waals surface area contributed by atoms with E-state index in [1.165, 1.54) is 0 Å². The number of nitrogens with zero attached hydrogens (tertiary/aromatic N) is 1. The summed E-state index contributed by atoms with van der Waals surface area (Å²) in [6.45, 7) is 6.34. The fourth-order valence-corrected chi connectivity index (χ4v) is 2.69. The summed E-state index contributed by atoms with van der Waals surface area (Å²) in [4.78, 5) is 13.9. The first kappa shape index (κ1) is 15.8. The molecular weight excluding hydrogens is 250 g/mol. The fraction of sp³-hybridized carbons (Fsp3) is 0.917. The van der Waals surface area contributed by atoms with Crippen LogP contribution in [0.2, 0.25) is 0 Å². The molecule has 0 saturated carbocycles. The van der Waals surface area contributed by atoms with Crippen LogP contribution in [0.1, 0.15) is 13.3 Å². The smallest absolute Gasteiger partial charge is 0.234 e. The number of thioether (sulfide) groups is 1. The Kier molecular flexibility index (Phi) is 6.99. The third-order valence-electron chi connectivity index (χ3n) is 2.92. The van der Waals surface area contributed by atoms with Crippen molar-refractivity contribution in [3.05, 3.63) is 0 Å². The molecule has 1 fully saturated rings. The molecule has 1 unspecified atom stereocenters. The average molecular weight is 275 g/mol. The number of amides is 1. The molecule has 106 valence electrons. The van der Waals surface area contributed by atoms with Gasteiger partial charge in [-0.05, 0) is 32.7 Å². The minimum Gasteiger partial charge on any atom is -0.387 e. The fourth-order valence-electron chi connectivity index (χ4n) is 1.97. The molecule has 6 heteroatoms. The number of rotatable bonds is 6. The maximum Gasteiger partial charge on any atom is 0.234 e. The van der Waals surface area contributed by atoms with Crippen LogP contribution in [0.15, 0.2) is 0 Å². The highest BCUT2D eigenvalue weighted by Crippen LogP contribution is 2.08. The van der Waals surface area contributed by atoms with Crippen molar-refractivity contribution in [2.75, 3.05) is 51.3 Å². The van der Waals surface area contributed by atoms with E-state index in [0.29, 0.717) is 18.8 Å². The number of carbonyl (C=O) groups excluding carboxylic acids is 1. The standard InChI is InChI=1S/C12H25N3O2S/c1-12(17,10-18-2)9-14-11(16)8-15-6-3-4-13-5-7-15/h13,17H,3-10H2,1-2H3,(H,14,16). The monoisotopic (exact) mass is 275 g/mol. The van der Waals surface area contributed by atoms with Gasteiger partial charge in [-0.25, -0.2) is 0 Å². The molecule has 0 radical (unpaired) electrons. The molecule has 0 aromatic heterocycles. The van der Waals surface area contributed by atoms with Crippen LogP contribution in [-0.4, -0.2) is 72.8 Å². The highest BCUT2D eigenvalue weighted by Gasteiger charge is 2.21. The van der Waals surface area contributed by atoms with E-state index in [-0.39, 0.29) is 5.91 Å². The molecule has 1 aliphatic rings. The Morgan fingerprint density at radius 1 is 1.50 bits per heavy atom. The van der Waals surface area contributed by atoms with Crippen LogP contribution in [0, 0.1) is 0 Å². The van der Waals surface area contributed by atoms with Crippen molar-refractivity contribution in [2.24, 2.45) is 0 Å². The van der Waals surface area contributed by atoms with Gasteiger partial charge >= 0.3 is 0 Å². The van der Waals surface area contributed by atoms with Crippen LogP contribution in [0.25, 0.3) is 0 Å². The topological polar surface area (TPSA) is 64.6 Å². The highest BCUT2D eigenvalue weighted by molar-refractivity contribution is 7.98. The number of aliphatic hydroxyl groups is 1. The number of hydrogen-bond donors (Lipinski definition) is 3. The molecule has 18 heavy (non-hydrogen) atoms. The maximum absolute atomic E-state index is 11.8. The zero-order valence-electron chi connectivity index (χ0n) is 11.4. The van der Waals surface area contributed by atoms with E-state index in [9.17, 15) is 9.90 Å². The van der Waals surface area contributed by atoms with Gasteiger partial charge in [0.05, 0.1) is 12.1 Å². The normalized spacial score (nSPS) is 21.1. The molecule has 0 spiro atoms. The molecule has 5 nitrogen and oxygen atoms in total. The summed E-state index contributed by atoms with van der Waals surface area (Å²) in [5.74, 6) is 0.624. The van der Waals surface area contributed by atoms with Crippen LogP contribution in [-0.2, 0) is 4.79 Å². The van der Waals surface area contributed by atoms with Gasteiger partial charge in [-0.3, -0.25) is 9.69 Å². The third-order valence-corrected chi connectivity index (χ3v) is 3.83. The van der Waals surface area contributed by atoms with Gasteiger partial charge in [0, 0.05) is 25.4 Å². The van der Waals surface area contributed by atoms with E-state index < -0.39 is 5.60 Å². The molecule has 1 rings (SSSR count). The van der Waals surface area contributed by atoms with Gasteiger partial charge in [-0.15, -0.1) is 0 Å². The van der Waals surface area contributed by atoms with Gasteiger partial charge in [0.1, 0.15) is 0 Å². The van der Waals surface area contributed by atoms with Gasteiger partial charge in [0.15, 0.2) is 0 Å². The van der Waals surface area contributed by atoms with Crippen molar-refractivity contribution in [1.29, 1.82) is 0 Å². The second-order valence-corrected chi connectivity index (χ2v) is 5.95. The van der Waals surface area contributed by atoms with Crippen LogP contribution in [0.5, 0.6) is 0 Å². The minimum atomic E-state index is -0.824. The number of nitrogens with one attached hydrogen (secondary N) is 2. The first-order valence-corrected chi connectivity index (χ1v) is 7.84. The minimum absolute atomic E-state index is 0.00159. The summed E-state index contributed by atoms with van der Waals surface area (Å²) >= 11 is 1.58. The molecule has 0 bridgehead atoms. The van der Waals surface area contributed by atoms with Crippen LogP contribution < -0.4 is 10.6 Å². The van der Waals surface area contributed by atoms with Gasteiger partial charge < -0.3 is 15.7 Å². The van der Waals surface area contributed by atoms with Crippen molar-refractivity contribution in [3.8, 4) is 0 Å². The Bertz CT molecular complexity index is 254. The predicted octanol–water partition coefficient (Wildman–Crippen LogP) is -0.488. The van der Waals surface area contributed by atoms with E-state index in [0.717, 1.165) is 32.6 Å². The van der Waals surface area contributed by atoms with Gasteiger partial charge in [0.2, 0.25) is 5.91 Å². The molecule has 1 saturated heterocycles. The molecule has 0 aromatic carbocycles. The van der Waals surface area contributed by atoms with Gasteiger partial charge in [0.25, 0.3) is 0 Å². The van der Waals surface area contributed by atoms with E-state index >= 15 is 0 Å². The highest BCUT2D eigenvalue weighted by atomic mass is 32.2. The Morgan fingerprint density at radius 3 is 3.00 bits per heavy atom. The first-order chi connectivity index (χ1) is 8.53. The van der Waals surface area contributed by atoms with Crippen molar-refractivity contribution in [2.45, 2.75) is 18.9 Å². The zero-order chi connectivity index (χ0) is 13.4. The lowest BCUT2D eigenvalue weighted by Crippen LogP contribution is -2.46. The summed E-state index contributed by atoms with van der Waals surface area (Å²) in [7, 11) is 0. The molecule has 1 amide bonds. The molecule has 3 N–H and O–H groups in total. The lowest BCUT2D eigenvalue weighted by Gasteiger charge is -2.24. The molecule has 1 atom stereocenters. The van der Waals surface area contributed by atoms with E-state index in [2.05, 4.69) is 15.5 Å². The van der Waals surface area contributed by atoms with Gasteiger partial charge in [-0.2, -0.15) is 11.8 Å². The third kappa shape index (κ3) is 6.58. The van der Waals surface area contributed by atoms with Crippen LogP contribution >= 0.6 is 11.8 Å². The number of hydrogen-bond acceptors (Lipinski definition) is 5. The number of carbonyl (C=O) groups is 1. The van der Waals surface area contributed by atoms with E-state index in [1.54, 1.807) is 18.7 Å². The second kappa shape index (κ2) is 7.99. The lowest BCUT2D eigenvalue weighted by atomic mass is 10.1. The zero-order valence-corrected chi connectivity index (χ0v) is 12.2. The van der Waals surface area contributed by atoms with E-state index in [4.69, 9.17) is 0 Å². The first-order valence-electron chi connectivity index (χ1n) is 6.44. The molecule has 1 heterocycles. The van der Waals surface area contributed by atoms with Crippen molar-refractivity contribution >= 4 is 17.7 Å². The Balaban J connectivity index is 2.24. The Labute approximate surface area is 114 Å². The summed E-state index contributed by atoms with van der Waals surface area (Å²) in [6.07, 6.45) is 3.03. The van der Waals surface area contributed by atoms with E-state index in [1.807, 2.05) is 6.26 Å². The maximum atomic E-state index is 11.8. The molecule has 0 aromatic rings. The summed E-state index contributed by atoms with van der Waals surface area (Å²) < 4.78 is 0. The summed E-state index contributed by atoms with van der Waals surface area (Å²) in [5.41, 5.74) is -0.824. The van der Waals surface area contributed by atoms with Gasteiger partial charge in [-0.1, -0.05) is 0 Å². The van der Waals surface area contributed by atoms with Crippen molar-refractivity contribution in [3.63, 3.8) is 0 Å². The van der Waals surface area contributed by atoms with Crippen LogP contribution in [0.4, 0.5) is 0 Å². The van der Waals surface area contributed by atoms with Crippen molar-refractivity contribution < 1.29 is 9.90 Å². The lowest BCUT2D eigenvalue weighted by molar-refractivity contribution is -0.123. The summed E-state index contributed by atoms with van der Waals surface area (Å²) in [5, 5.41) is 16.1. The predicted molar refractivity (Wildman–Crippen MR) is 75.9 cm³/mol. The molecular formula is C12H25N3O2S. The quantitative estimate of drug-likeness (QED) is 0.611. The SMILES string of the molecule is CSCC(C)(O)CNC(=O)CN1CCCNCC1. The van der Waals surface area contributed by atoms with Crippen LogP contribution in [0.3, 0.4) is 0 Å². The van der Waals surface area contributed by atoms with Crippen molar-refractivity contribution in [1.82, 2.24) is 15.5 Å². The Morgan fingerprint density at radius 2 is 2.28 bits per heavy atom. The largest absolute Gasteiger partial charge is 0.387 e. The Hall–Kier alpha value is -0.300. The average Bonchev–Trinajstić information content (AvgIpc) is 2.55. The molecule has 1 aliphatic heterocycles. The summed E-state index contributed by atoms with van der Waals surface area (Å²) in [6, 6.07) is 0. The molecule has 0 aliphatic carbocycles.